The zero-order chi connectivity index (χ0) is 17.8. The number of nitrogens with one attached hydrogen (secondary N) is 1. The van der Waals surface area contributed by atoms with E-state index in [9.17, 15) is 4.79 Å². The van der Waals surface area contributed by atoms with E-state index in [0.717, 1.165) is 61.5 Å². The standard InChI is InChI=1S/C20H25N5O/c26-19(22-9-7-15-4-3-8-21-13-15)16-5-6-18-17(12-16)14-23-20(24-18)25-10-1-2-11-25/h3-4,8,13-14,16H,1-2,5-7,9-12H2,(H,22,26). The lowest BCUT2D eigenvalue weighted by Gasteiger charge is -2.24. The number of fused-ring (bicyclic) bond motifs is 1. The third kappa shape index (κ3) is 3.84. The van der Waals surface area contributed by atoms with Crippen LogP contribution in [0.25, 0.3) is 0 Å². The highest BCUT2D eigenvalue weighted by Gasteiger charge is 2.26. The number of amides is 1. The van der Waals surface area contributed by atoms with Gasteiger partial charge in [0.25, 0.3) is 0 Å². The minimum Gasteiger partial charge on any atom is -0.356 e. The molecule has 0 radical (unpaired) electrons. The fourth-order valence-electron chi connectivity index (χ4n) is 3.81. The van der Waals surface area contributed by atoms with Crippen LogP contribution in [0.3, 0.4) is 0 Å². The summed E-state index contributed by atoms with van der Waals surface area (Å²) in [5.41, 5.74) is 3.40. The molecule has 2 aromatic heterocycles. The number of rotatable bonds is 5. The molecule has 0 spiro atoms. The first-order chi connectivity index (χ1) is 12.8. The zero-order valence-electron chi connectivity index (χ0n) is 15.0. The first-order valence-electron chi connectivity index (χ1n) is 9.56. The molecule has 1 amide bonds. The number of pyridine rings is 1. The predicted molar refractivity (Wildman–Crippen MR) is 99.9 cm³/mol. The van der Waals surface area contributed by atoms with Gasteiger partial charge in [-0.3, -0.25) is 9.78 Å². The number of nitrogens with zero attached hydrogens (tertiary/aromatic N) is 4. The Morgan fingerprint density at radius 3 is 2.96 bits per heavy atom. The van der Waals surface area contributed by atoms with Gasteiger partial charge in [-0.15, -0.1) is 0 Å². The largest absolute Gasteiger partial charge is 0.356 e. The lowest BCUT2D eigenvalue weighted by molar-refractivity contribution is -0.125. The van der Waals surface area contributed by atoms with Crippen LogP contribution in [-0.4, -0.2) is 40.5 Å². The molecule has 1 atom stereocenters. The van der Waals surface area contributed by atoms with Crippen LogP contribution in [0.15, 0.2) is 30.7 Å². The second-order valence-corrected chi connectivity index (χ2v) is 7.18. The summed E-state index contributed by atoms with van der Waals surface area (Å²) in [6, 6.07) is 3.96. The monoisotopic (exact) mass is 351 g/mol. The maximum absolute atomic E-state index is 12.5. The van der Waals surface area contributed by atoms with E-state index in [1.54, 1.807) is 6.20 Å². The molecular weight excluding hydrogens is 326 g/mol. The van der Waals surface area contributed by atoms with Crippen LogP contribution in [0.5, 0.6) is 0 Å². The molecule has 6 heteroatoms. The number of hydrogen-bond donors (Lipinski definition) is 1. The maximum atomic E-state index is 12.5. The first kappa shape index (κ1) is 16.9. The van der Waals surface area contributed by atoms with E-state index in [1.165, 1.54) is 12.8 Å². The van der Waals surface area contributed by atoms with Crippen molar-refractivity contribution in [2.45, 2.75) is 38.5 Å². The summed E-state index contributed by atoms with van der Waals surface area (Å²) >= 11 is 0. The average Bonchev–Trinajstić information content (AvgIpc) is 3.23. The van der Waals surface area contributed by atoms with E-state index < -0.39 is 0 Å². The number of carbonyl (C=O) groups is 1. The van der Waals surface area contributed by atoms with Crippen molar-refractivity contribution < 1.29 is 4.79 Å². The molecule has 1 aliphatic heterocycles. The number of carbonyl (C=O) groups excluding carboxylic acids is 1. The van der Waals surface area contributed by atoms with Gasteiger partial charge in [-0.25, -0.2) is 9.97 Å². The number of anilines is 1. The van der Waals surface area contributed by atoms with E-state index in [1.807, 2.05) is 24.5 Å². The number of hydrogen-bond acceptors (Lipinski definition) is 5. The Labute approximate surface area is 154 Å². The molecule has 0 saturated carbocycles. The summed E-state index contributed by atoms with van der Waals surface area (Å²) < 4.78 is 0. The zero-order valence-corrected chi connectivity index (χ0v) is 15.0. The minimum absolute atomic E-state index is 0.0256. The van der Waals surface area contributed by atoms with Crippen molar-refractivity contribution in [3.8, 4) is 0 Å². The van der Waals surface area contributed by atoms with Crippen molar-refractivity contribution in [2.75, 3.05) is 24.5 Å². The summed E-state index contributed by atoms with van der Waals surface area (Å²) in [4.78, 5) is 28.2. The van der Waals surface area contributed by atoms with Crippen LogP contribution < -0.4 is 10.2 Å². The molecule has 6 nitrogen and oxygen atoms in total. The highest BCUT2D eigenvalue weighted by molar-refractivity contribution is 5.79. The Morgan fingerprint density at radius 1 is 1.27 bits per heavy atom. The van der Waals surface area contributed by atoms with E-state index in [0.29, 0.717) is 6.54 Å². The molecule has 1 unspecified atom stereocenters. The number of aromatic nitrogens is 3. The highest BCUT2D eigenvalue weighted by Crippen LogP contribution is 2.26. The van der Waals surface area contributed by atoms with E-state index in [-0.39, 0.29) is 11.8 Å². The lowest BCUT2D eigenvalue weighted by atomic mass is 9.86. The van der Waals surface area contributed by atoms with Gasteiger partial charge in [0.15, 0.2) is 0 Å². The summed E-state index contributed by atoms with van der Waals surface area (Å²) in [6.07, 6.45) is 11.3. The Bertz CT molecular complexity index is 758. The van der Waals surface area contributed by atoms with Crippen LogP contribution in [0, 0.1) is 5.92 Å². The van der Waals surface area contributed by atoms with Crippen LogP contribution in [-0.2, 0) is 24.1 Å². The molecule has 4 rings (SSSR count). The Morgan fingerprint density at radius 2 is 2.15 bits per heavy atom. The maximum Gasteiger partial charge on any atom is 0.225 e. The summed E-state index contributed by atoms with van der Waals surface area (Å²) in [5, 5.41) is 3.07. The molecule has 2 aromatic rings. The quantitative estimate of drug-likeness (QED) is 0.891. The summed E-state index contributed by atoms with van der Waals surface area (Å²) in [5.74, 6) is 1.03. The fraction of sp³-hybridized carbons (Fsp3) is 0.500. The van der Waals surface area contributed by atoms with Gasteiger partial charge in [0, 0.05) is 49.8 Å². The molecule has 2 aliphatic rings. The third-order valence-electron chi connectivity index (χ3n) is 5.33. The van der Waals surface area contributed by atoms with Gasteiger partial charge in [0.2, 0.25) is 11.9 Å². The molecule has 1 saturated heterocycles. The third-order valence-corrected chi connectivity index (χ3v) is 5.33. The summed E-state index contributed by atoms with van der Waals surface area (Å²) in [7, 11) is 0. The topological polar surface area (TPSA) is 71.0 Å². The van der Waals surface area contributed by atoms with Crippen molar-refractivity contribution in [3.63, 3.8) is 0 Å². The van der Waals surface area contributed by atoms with Crippen LogP contribution in [0.4, 0.5) is 5.95 Å². The van der Waals surface area contributed by atoms with E-state index >= 15 is 0 Å². The van der Waals surface area contributed by atoms with Gasteiger partial charge in [0.05, 0.1) is 0 Å². The molecule has 26 heavy (non-hydrogen) atoms. The molecule has 136 valence electrons. The molecule has 1 aliphatic carbocycles. The smallest absolute Gasteiger partial charge is 0.225 e. The molecule has 0 bridgehead atoms. The first-order valence-corrected chi connectivity index (χ1v) is 9.56. The molecule has 0 aromatic carbocycles. The van der Waals surface area contributed by atoms with Gasteiger partial charge >= 0.3 is 0 Å². The van der Waals surface area contributed by atoms with Crippen molar-refractivity contribution in [1.82, 2.24) is 20.3 Å². The molecule has 1 fully saturated rings. The average molecular weight is 351 g/mol. The Hall–Kier alpha value is -2.50. The summed E-state index contributed by atoms with van der Waals surface area (Å²) in [6.45, 7) is 2.76. The van der Waals surface area contributed by atoms with E-state index in [2.05, 4.69) is 20.2 Å². The SMILES string of the molecule is O=C(NCCc1cccnc1)C1CCc2nc(N3CCCC3)ncc2C1. The molecular formula is C20H25N5O. The predicted octanol–water partition coefficient (Wildman–Crippen LogP) is 1.94. The Balaban J connectivity index is 1.32. The van der Waals surface area contributed by atoms with Crippen molar-refractivity contribution in [1.29, 1.82) is 0 Å². The van der Waals surface area contributed by atoms with E-state index in [4.69, 9.17) is 4.98 Å². The second kappa shape index (κ2) is 7.81. The molecule has 3 heterocycles. The minimum atomic E-state index is 0.0256. The normalized spacial score (nSPS) is 19.2. The van der Waals surface area contributed by atoms with Gasteiger partial charge < -0.3 is 10.2 Å². The van der Waals surface area contributed by atoms with Crippen molar-refractivity contribution in [2.24, 2.45) is 5.92 Å². The van der Waals surface area contributed by atoms with Crippen LogP contribution in [0.1, 0.15) is 36.1 Å². The molecule has 1 N–H and O–H groups in total. The number of aryl methyl sites for hydroxylation is 1. The second-order valence-electron chi connectivity index (χ2n) is 7.18. The van der Waals surface area contributed by atoms with Crippen molar-refractivity contribution in [3.05, 3.63) is 47.5 Å². The van der Waals surface area contributed by atoms with Gasteiger partial charge in [-0.1, -0.05) is 6.07 Å². The Kier molecular flexibility index (Phi) is 5.09. The highest BCUT2D eigenvalue weighted by atomic mass is 16.1. The fourth-order valence-corrected chi connectivity index (χ4v) is 3.81. The van der Waals surface area contributed by atoms with Crippen LogP contribution in [0.2, 0.25) is 0 Å². The van der Waals surface area contributed by atoms with Gasteiger partial charge in [-0.05, 0) is 55.7 Å². The van der Waals surface area contributed by atoms with Gasteiger partial charge in [-0.2, -0.15) is 0 Å². The van der Waals surface area contributed by atoms with Gasteiger partial charge in [0.1, 0.15) is 0 Å². The van der Waals surface area contributed by atoms with Crippen LogP contribution >= 0.6 is 0 Å². The van der Waals surface area contributed by atoms with Crippen molar-refractivity contribution >= 4 is 11.9 Å². The lowest BCUT2D eigenvalue weighted by Crippen LogP contribution is -2.35.